The normalized spacial score (nSPS) is 15.2. The Balaban J connectivity index is 0.000000421. The van der Waals surface area contributed by atoms with Gasteiger partial charge in [0.05, 0.1) is 12.1 Å². The van der Waals surface area contributed by atoms with E-state index in [0.29, 0.717) is 23.6 Å². The third-order valence-electron chi connectivity index (χ3n) is 6.19. The Bertz CT molecular complexity index is 1490. The summed E-state index contributed by atoms with van der Waals surface area (Å²) < 4.78 is 65.1. The van der Waals surface area contributed by atoms with Gasteiger partial charge in [-0.3, -0.25) is 9.59 Å². The van der Waals surface area contributed by atoms with Gasteiger partial charge in [0, 0.05) is 18.7 Å². The summed E-state index contributed by atoms with van der Waals surface area (Å²) in [5.41, 5.74) is 7.89. The van der Waals surface area contributed by atoms with Crippen molar-refractivity contribution < 1.29 is 55.7 Å². The number of imidazole rings is 1. The van der Waals surface area contributed by atoms with Gasteiger partial charge in [0.25, 0.3) is 5.91 Å². The number of amides is 2. The number of hydrogen-bond acceptors (Lipinski definition) is 7. The minimum absolute atomic E-state index is 0.0335. The molecule has 1 saturated heterocycles. The van der Waals surface area contributed by atoms with Crippen LogP contribution in [-0.2, 0) is 19.8 Å². The summed E-state index contributed by atoms with van der Waals surface area (Å²) in [4.78, 5) is 48.5. The molecule has 2 amide bonds. The fourth-order valence-electron chi connectivity index (χ4n) is 3.83. The topological polar surface area (TPSA) is 180 Å². The molecule has 3 aromatic rings. The van der Waals surface area contributed by atoms with Gasteiger partial charge in [-0.05, 0) is 48.1 Å². The highest BCUT2D eigenvalue weighted by atomic mass is 19.4. The van der Waals surface area contributed by atoms with Gasteiger partial charge in [0.2, 0.25) is 5.91 Å². The fraction of sp³-hybridized carbons (Fsp3) is 0.407. The number of halogens is 6. The zero-order valence-electron chi connectivity index (χ0n) is 24.1. The number of hydrogen-bond donors (Lipinski definition) is 4. The molecule has 0 spiro atoms. The lowest BCUT2D eigenvalue weighted by molar-refractivity contribution is -0.193. The molecule has 0 saturated carbocycles. The second-order valence-corrected chi connectivity index (χ2v) is 10.7. The Morgan fingerprint density at radius 3 is 1.91 bits per heavy atom. The van der Waals surface area contributed by atoms with E-state index in [9.17, 15) is 35.9 Å². The summed E-state index contributed by atoms with van der Waals surface area (Å²) in [6.07, 6.45) is -6.77. The Hall–Kier alpha value is -4.90. The number of nitrogens with zero attached hydrogens (tertiary/aromatic N) is 4. The van der Waals surface area contributed by atoms with Crippen LogP contribution in [0.25, 0.3) is 5.65 Å². The van der Waals surface area contributed by atoms with Crippen LogP contribution < -0.4 is 16.0 Å². The summed E-state index contributed by atoms with van der Waals surface area (Å²) >= 11 is 0. The largest absolute Gasteiger partial charge is 0.490 e. The average Bonchev–Trinajstić information content (AvgIpc) is 3.34. The van der Waals surface area contributed by atoms with Gasteiger partial charge in [-0.1, -0.05) is 32.9 Å². The SMILES string of the molecule is CC(C)(C)c1ccc(C(=O)Nc2cn3nc(N4CCCC(C(N)=O)C4)ccc3n2)cc1.O=C(O)C(F)(F)F.O=C(O)C(F)(F)F. The maximum atomic E-state index is 12.6. The highest BCUT2D eigenvalue weighted by Gasteiger charge is 2.39. The second kappa shape index (κ2) is 14.3. The molecule has 1 fully saturated rings. The molecule has 1 aliphatic heterocycles. The molecule has 5 N–H and O–H groups in total. The molecule has 0 radical (unpaired) electrons. The number of carboxylic acid groups (broad SMARTS) is 2. The van der Waals surface area contributed by atoms with Crippen molar-refractivity contribution in [1.29, 1.82) is 0 Å². The van der Waals surface area contributed by atoms with Crippen LogP contribution in [0, 0.1) is 5.92 Å². The van der Waals surface area contributed by atoms with Crippen LogP contribution in [0.3, 0.4) is 0 Å². The lowest BCUT2D eigenvalue weighted by Gasteiger charge is -2.31. The van der Waals surface area contributed by atoms with Crippen LogP contribution in [0.2, 0.25) is 0 Å². The monoisotopic (exact) mass is 648 g/mol. The van der Waals surface area contributed by atoms with E-state index in [1.807, 2.05) is 36.4 Å². The number of nitrogens with two attached hydrogens (primary N) is 1. The number of primary amides is 1. The van der Waals surface area contributed by atoms with Gasteiger partial charge >= 0.3 is 24.3 Å². The molecule has 0 aliphatic carbocycles. The van der Waals surface area contributed by atoms with Crippen molar-refractivity contribution >= 4 is 41.0 Å². The molecule has 4 rings (SSSR count). The Labute approximate surface area is 251 Å². The number of carbonyl (C=O) groups excluding carboxylic acids is 2. The number of alkyl halides is 6. The van der Waals surface area contributed by atoms with Crippen LogP contribution in [0.15, 0.2) is 42.6 Å². The zero-order valence-corrected chi connectivity index (χ0v) is 24.1. The number of carbonyl (C=O) groups is 4. The fourth-order valence-corrected chi connectivity index (χ4v) is 3.83. The van der Waals surface area contributed by atoms with E-state index in [4.69, 9.17) is 25.5 Å². The lowest BCUT2D eigenvalue weighted by Crippen LogP contribution is -2.41. The maximum Gasteiger partial charge on any atom is 0.490 e. The van der Waals surface area contributed by atoms with Crippen molar-refractivity contribution in [3.63, 3.8) is 0 Å². The number of carboxylic acids is 2. The molecule has 18 heteroatoms. The van der Waals surface area contributed by atoms with Crippen molar-refractivity contribution in [3.8, 4) is 0 Å². The smallest absolute Gasteiger partial charge is 0.475 e. The molecule has 12 nitrogen and oxygen atoms in total. The van der Waals surface area contributed by atoms with Crippen molar-refractivity contribution in [3.05, 3.63) is 53.7 Å². The first-order chi connectivity index (χ1) is 20.6. The minimum atomic E-state index is -5.08. The van der Waals surface area contributed by atoms with Gasteiger partial charge in [-0.2, -0.15) is 26.3 Å². The van der Waals surface area contributed by atoms with Crippen molar-refractivity contribution in [2.45, 2.75) is 51.4 Å². The predicted octanol–water partition coefficient (Wildman–Crippen LogP) is 4.25. The van der Waals surface area contributed by atoms with Crippen LogP contribution in [0.5, 0.6) is 0 Å². The molecular weight excluding hydrogens is 618 g/mol. The van der Waals surface area contributed by atoms with E-state index >= 15 is 0 Å². The molecular formula is C27H30F6N6O6. The zero-order chi connectivity index (χ0) is 34.3. The van der Waals surface area contributed by atoms with E-state index in [1.54, 1.807) is 10.7 Å². The van der Waals surface area contributed by atoms with Crippen molar-refractivity contribution in [2.75, 3.05) is 23.3 Å². The van der Waals surface area contributed by atoms with Crippen LogP contribution in [-0.4, -0.2) is 74.0 Å². The van der Waals surface area contributed by atoms with E-state index in [0.717, 1.165) is 25.2 Å². The molecule has 0 bridgehead atoms. The number of benzene rings is 1. The molecule has 1 unspecified atom stereocenters. The number of nitrogens with one attached hydrogen (secondary N) is 1. The third kappa shape index (κ3) is 11.0. The van der Waals surface area contributed by atoms with E-state index in [-0.39, 0.29) is 23.1 Å². The summed E-state index contributed by atoms with van der Waals surface area (Å²) in [5, 5.41) is 21.7. The Kier molecular flexibility index (Phi) is 11.5. The highest BCUT2D eigenvalue weighted by Crippen LogP contribution is 2.24. The van der Waals surface area contributed by atoms with E-state index < -0.39 is 24.3 Å². The van der Waals surface area contributed by atoms with Gasteiger partial charge < -0.3 is 26.2 Å². The van der Waals surface area contributed by atoms with E-state index in [2.05, 4.69) is 41.1 Å². The molecule has 1 aliphatic rings. The maximum absolute atomic E-state index is 12.6. The first-order valence-electron chi connectivity index (χ1n) is 13.0. The van der Waals surface area contributed by atoms with Crippen LogP contribution >= 0.6 is 0 Å². The number of fused-ring (bicyclic) bond motifs is 1. The van der Waals surface area contributed by atoms with E-state index in [1.165, 1.54) is 5.56 Å². The Morgan fingerprint density at radius 1 is 0.911 bits per heavy atom. The summed E-state index contributed by atoms with van der Waals surface area (Å²) in [6, 6.07) is 11.3. The number of aromatic nitrogens is 3. The summed E-state index contributed by atoms with van der Waals surface area (Å²) in [7, 11) is 0. The third-order valence-corrected chi connectivity index (χ3v) is 6.19. The van der Waals surface area contributed by atoms with Gasteiger partial charge in [-0.15, -0.1) is 5.10 Å². The summed E-state index contributed by atoms with van der Waals surface area (Å²) in [5.74, 6) is -4.97. The van der Waals surface area contributed by atoms with Crippen molar-refractivity contribution in [2.24, 2.45) is 11.7 Å². The highest BCUT2D eigenvalue weighted by molar-refractivity contribution is 6.03. The lowest BCUT2D eigenvalue weighted by atomic mass is 9.87. The number of anilines is 2. The molecule has 2 aromatic heterocycles. The number of piperidine rings is 1. The average molecular weight is 649 g/mol. The minimum Gasteiger partial charge on any atom is -0.475 e. The van der Waals surface area contributed by atoms with Crippen molar-refractivity contribution in [1.82, 2.24) is 14.6 Å². The molecule has 45 heavy (non-hydrogen) atoms. The van der Waals surface area contributed by atoms with Crippen LogP contribution in [0.1, 0.15) is 49.5 Å². The predicted molar refractivity (Wildman–Crippen MR) is 148 cm³/mol. The molecule has 1 aromatic carbocycles. The quantitative estimate of drug-likeness (QED) is 0.301. The Morgan fingerprint density at radius 2 is 1.44 bits per heavy atom. The van der Waals surface area contributed by atoms with Gasteiger partial charge in [0.1, 0.15) is 5.82 Å². The number of rotatable bonds is 4. The first-order valence-corrected chi connectivity index (χ1v) is 13.0. The second-order valence-electron chi connectivity index (χ2n) is 10.7. The van der Waals surface area contributed by atoms with Gasteiger partial charge in [0.15, 0.2) is 11.5 Å². The summed E-state index contributed by atoms with van der Waals surface area (Å²) in [6.45, 7) is 7.80. The molecule has 3 heterocycles. The molecule has 246 valence electrons. The standard InChI is InChI=1S/C23H28N6O2.2C2HF3O2/c1-23(2,3)17-8-6-15(7-9-17)22(31)26-18-14-29-19(25-18)10-11-20(27-29)28-12-4-5-16(13-28)21(24)30;2*3-2(4,5)1(6)7/h6-11,14,16H,4-5,12-13H2,1-3H3,(H2,24,30)(H,26,31);2*(H,6,7). The van der Waals surface area contributed by atoms with Gasteiger partial charge in [-0.25, -0.2) is 19.1 Å². The molecule has 1 atom stereocenters. The number of aliphatic carboxylic acids is 2. The first kappa shape index (κ1) is 36.3. The van der Waals surface area contributed by atoms with Crippen LogP contribution in [0.4, 0.5) is 38.0 Å².